The monoisotopic (exact) mass is 381 g/mol. The van der Waals surface area contributed by atoms with Crippen LogP contribution >= 0.6 is 11.8 Å². The lowest BCUT2D eigenvalue weighted by Crippen LogP contribution is -1.92. The third-order valence-corrected chi connectivity index (χ3v) is 5.21. The summed E-state index contributed by atoms with van der Waals surface area (Å²) in [6.07, 6.45) is 0. The summed E-state index contributed by atoms with van der Waals surface area (Å²) in [4.78, 5) is 15.2. The molecule has 0 fully saturated rings. The largest absolute Gasteiger partial charge is 0.431 e. The van der Waals surface area contributed by atoms with Crippen LogP contribution in [0.2, 0.25) is 0 Å². The third kappa shape index (κ3) is 3.28. The SMILES string of the molecule is c1ccc(Sc2nc(-c3ccccc3)nc3nc(-c4ccccc4)oc23)cc1. The van der Waals surface area contributed by atoms with Gasteiger partial charge in [0, 0.05) is 16.0 Å². The molecule has 0 unspecified atom stereocenters. The molecule has 134 valence electrons. The lowest BCUT2D eigenvalue weighted by molar-refractivity contribution is 0.609. The summed E-state index contributed by atoms with van der Waals surface area (Å²) in [5.41, 5.74) is 3.03. The van der Waals surface area contributed by atoms with E-state index in [0.717, 1.165) is 21.0 Å². The van der Waals surface area contributed by atoms with Crippen LogP contribution in [0.1, 0.15) is 0 Å². The molecule has 5 heteroatoms. The molecule has 0 spiro atoms. The molecule has 5 rings (SSSR count). The van der Waals surface area contributed by atoms with E-state index in [4.69, 9.17) is 9.40 Å². The van der Waals surface area contributed by atoms with Crippen molar-refractivity contribution in [2.24, 2.45) is 0 Å². The first-order valence-electron chi connectivity index (χ1n) is 8.89. The summed E-state index contributed by atoms with van der Waals surface area (Å²) in [6.45, 7) is 0. The maximum absolute atomic E-state index is 6.09. The summed E-state index contributed by atoms with van der Waals surface area (Å²) in [5, 5.41) is 0.754. The van der Waals surface area contributed by atoms with Crippen LogP contribution in [-0.2, 0) is 0 Å². The van der Waals surface area contributed by atoms with Crippen molar-refractivity contribution in [3.05, 3.63) is 91.0 Å². The van der Waals surface area contributed by atoms with E-state index in [1.807, 2.05) is 78.9 Å². The number of hydrogen-bond donors (Lipinski definition) is 0. The first-order chi connectivity index (χ1) is 13.9. The minimum atomic E-state index is 0.546. The summed E-state index contributed by atoms with van der Waals surface area (Å²) >= 11 is 1.55. The van der Waals surface area contributed by atoms with Crippen molar-refractivity contribution >= 4 is 23.0 Å². The van der Waals surface area contributed by atoms with Gasteiger partial charge < -0.3 is 4.42 Å². The summed E-state index contributed by atoms with van der Waals surface area (Å²) < 4.78 is 6.09. The number of aromatic nitrogens is 3. The molecular weight excluding hydrogens is 366 g/mol. The van der Waals surface area contributed by atoms with Crippen LogP contribution in [0.25, 0.3) is 34.1 Å². The molecule has 0 aliphatic heterocycles. The fraction of sp³-hybridized carbons (Fsp3) is 0. The molecule has 4 nitrogen and oxygen atoms in total. The van der Waals surface area contributed by atoms with Gasteiger partial charge in [-0.2, -0.15) is 4.98 Å². The average Bonchev–Trinajstić information content (AvgIpc) is 3.20. The van der Waals surface area contributed by atoms with Crippen molar-refractivity contribution in [2.45, 2.75) is 9.92 Å². The Labute approximate surface area is 166 Å². The number of fused-ring (bicyclic) bond motifs is 1. The van der Waals surface area contributed by atoms with Gasteiger partial charge in [0.25, 0.3) is 0 Å². The zero-order valence-electron chi connectivity index (χ0n) is 14.8. The molecule has 0 atom stereocenters. The molecule has 2 aromatic heterocycles. The van der Waals surface area contributed by atoms with Gasteiger partial charge in [-0.25, -0.2) is 9.97 Å². The van der Waals surface area contributed by atoms with Crippen molar-refractivity contribution in [1.82, 2.24) is 15.0 Å². The maximum atomic E-state index is 6.09. The average molecular weight is 381 g/mol. The standard InChI is InChI=1S/C23H15N3OS/c1-4-10-16(11-5-1)20-24-21-19(23(26-20)28-18-14-8-3-9-15-18)27-22(25-21)17-12-6-2-7-13-17/h1-15H. The molecule has 0 saturated heterocycles. The Bertz CT molecular complexity index is 1220. The predicted octanol–water partition coefficient (Wildman–Crippen LogP) is 6.10. The summed E-state index contributed by atoms with van der Waals surface area (Å²) in [6, 6.07) is 29.9. The Hall–Kier alpha value is -3.44. The Morgan fingerprint density at radius 3 is 1.89 bits per heavy atom. The van der Waals surface area contributed by atoms with Crippen molar-refractivity contribution in [3.63, 3.8) is 0 Å². The van der Waals surface area contributed by atoms with Crippen LogP contribution in [0.15, 0.2) is 105 Å². The van der Waals surface area contributed by atoms with E-state index in [0.29, 0.717) is 22.9 Å². The predicted molar refractivity (Wildman–Crippen MR) is 111 cm³/mol. The minimum Gasteiger partial charge on any atom is -0.431 e. The highest BCUT2D eigenvalue weighted by Gasteiger charge is 2.18. The zero-order valence-corrected chi connectivity index (χ0v) is 15.6. The van der Waals surface area contributed by atoms with Crippen LogP contribution in [0.5, 0.6) is 0 Å². The molecule has 0 radical (unpaired) electrons. The highest BCUT2D eigenvalue weighted by Crippen LogP contribution is 2.35. The fourth-order valence-corrected chi connectivity index (χ4v) is 3.76. The van der Waals surface area contributed by atoms with Crippen molar-refractivity contribution < 1.29 is 4.42 Å². The van der Waals surface area contributed by atoms with Gasteiger partial charge in [0.05, 0.1) is 0 Å². The molecule has 5 aromatic rings. The highest BCUT2D eigenvalue weighted by atomic mass is 32.2. The maximum Gasteiger partial charge on any atom is 0.229 e. The van der Waals surface area contributed by atoms with Crippen molar-refractivity contribution in [1.29, 1.82) is 0 Å². The molecule has 2 heterocycles. The molecule has 0 aliphatic carbocycles. The second-order valence-electron chi connectivity index (χ2n) is 6.17. The third-order valence-electron chi connectivity index (χ3n) is 4.23. The fourth-order valence-electron chi connectivity index (χ4n) is 2.89. The van der Waals surface area contributed by atoms with Crippen LogP contribution in [0, 0.1) is 0 Å². The molecule has 0 bridgehead atoms. The molecule has 0 aliphatic rings. The van der Waals surface area contributed by atoms with Gasteiger partial charge in [-0.1, -0.05) is 78.5 Å². The molecule has 0 N–H and O–H groups in total. The Morgan fingerprint density at radius 1 is 0.607 bits per heavy atom. The molecular formula is C23H15N3OS. The zero-order chi connectivity index (χ0) is 18.8. The van der Waals surface area contributed by atoms with E-state index >= 15 is 0 Å². The number of benzene rings is 3. The topological polar surface area (TPSA) is 51.8 Å². The second kappa shape index (κ2) is 7.29. The van der Waals surface area contributed by atoms with Crippen LogP contribution in [-0.4, -0.2) is 15.0 Å². The lowest BCUT2D eigenvalue weighted by Gasteiger charge is -2.04. The van der Waals surface area contributed by atoms with Gasteiger partial charge in [0.1, 0.15) is 0 Å². The Balaban J connectivity index is 1.69. The van der Waals surface area contributed by atoms with Gasteiger partial charge in [-0.05, 0) is 24.3 Å². The van der Waals surface area contributed by atoms with Crippen molar-refractivity contribution in [2.75, 3.05) is 0 Å². The summed E-state index contributed by atoms with van der Waals surface area (Å²) in [7, 11) is 0. The Kier molecular flexibility index (Phi) is 4.35. The molecule has 0 amide bonds. The smallest absolute Gasteiger partial charge is 0.229 e. The Morgan fingerprint density at radius 2 is 1.21 bits per heavy atom. The van der Waals surface area contributed by atoms with E-state index in [9.17, 15) is 0 Å². The second-order valence-corrected chi connectivity index (χ2v) is 7.23. The van der Waals surface area contributed by atoms with Crippen LogP contribution in [0.4, 0.5) is 0 Å². The van der Waals surface area contributed by atoms with Gasteiger partial charge in [0.2, 0.25) is 17.1 Å². The number of nitrogens with zero attached hydrogens (tertiary/aromatic N) is 3. The number of rotatable bonds is 4. The molecule has 28 heavy (non-hydrogen) atoms. The van der Waals surface area contributed by atoms with Crippen LogP contribution in [0.3, 0.4) is 0 Å². The van der Waals surface area contributed by atoms with Gasteiger partial charge in [-0.15, -0.1) is 0 Å². The quantitative estimate of drug-likeness (QED) is 0.352. The first-order valence-corrected chi connectivity index (χ1v) is 9.71. The van der Waals surface area contributed by atoms with E-state index < -0.39 is 0 Å². The van der Waals surface area contributed by atoms with Gasteiger partial charge in [-0.3, -0.25) is 0 Å². The molecule has 3 aromatic carbocycles. The van der Waals surface area contributed by atoms with E-state index in [1.165, 1.54) is 0 Å². The van der Waals surface area contributed by atoms with E-state index in [2.05, 4.69) is 22.1 Å². The first kappa shape index (κ1) is 16.7. The molecule has 0 saturated carbocycles. The minimum absolute atomic E-state index is 0.546. The number of oxazole rings is 1. The highest BCUT2D eigenvalue weighted by molar-refractivity contribution is 7.99. The van der Waals surface area contributed by atoms with E-state index in [1.54, 1.807) is 11.8 Å². The van der Waals surface area contributed by atoms with Gasteiger partial charge in [0.15, 0.2) is 10.9 Å². The lowest BCUT2D eigenvalue weighted by atomic mass is 10.2. The van der Waals surface area contributed by atoms with Gasteiger partial charge >= 0.3 is 0 Å². The van der Waals surface area contributed by atoms with Crippen LogP contribution < -0.4 is 0 Å². The number of hydrogen-bond acceptors (Lipinski definition) is 5. The van der Waals surface area contributed by atoms with E-state index in [-0.39, 0.29) is 0 Å². The van der Waals surface area contributed by atoms with Crippen molar-refractivity contribution in [3.8, 4) is 22.8 Å². The normalized spacial score (nSPS) is 11.0. The summed E-state index contributed by atoms with van der Waals surface area (Å²) in [5.74, 6) is 1.18.